The van der Waals surface area contributed by atoms with Gasteiger partial charge in [-0.25, -0.2) is 4.39 Å². The summed E-state index contributed by atoms with van der Waals surface area (Å²) < 4.78 is 14.8. The second kappa shape index (κ2) is 8.78. The van der Waals surface area contributed by atoms with Gasteiger partial charge in [0.15, 0.2) is 0 Å². The smallest absolute Gasteiger partial charge is 0.131 e. The van der Waals surface area contributed by atoms with Gasteiger partial charge in [-0.1, -0.05) is 78.4 Å². The molecule has 0 saturated heterocycles. The van der Waals surface area contributed by atoms with Gasteiger partial charge < -0.3 is 0 Å². The van der Waals surface area contributed by atoms with Crippen LogP contribution in [0.4, 0.5) is 4.39 Å². The highest BCUT2D eigenvalue weighted by molar-refractivity contribution is 5.71. The number of hydrogen-bond donors (Lipinski definition) is 0. The van der Waals surface area contributed by atoms with Gasteiger partial charge in [-0.15, -0.1) is 0 Å². The van der Waals surface area contributed by atoms with Crippen molar-refractivity contribution in [2.45, 2.75) is 45.4 Å². The highest BCUT2D eigenvalue weighted by Gasteiger charge is 2.20. The first kappa shape index (κ1) is 19.6. The Bertz CT molecular complexity index is 972. The molecule has 148 valence electrons. The topological polar surface area (TPSA) is 0 Å². The van der Waals surface area contributed by atoms with Crippen molar-refractivity contribution in [1.29, 1.82) is 0 Å². The van der Waals surface area contributed by atoms with Gasteiger partial charge in [-0.3, -0.25) is 0 Å². The lowest BCUT2D eigenvalue weighted by molar-refractivity contribution is 0.376. The second-order valence-electron chi connectivity index (χ2n) is 8.32. The average Bonchev–Trinajstić information content (AvgIpc) is 2.75. The first-order valence-corrected chi connectivity index (χ1v) is 10.7. The van der Waals surface area contributed by atoms with Gasteiger partial charge in [-0.2, -0.15) is 0 Å². The van der Waals surface area contributed by atoms with Crippen LogP contribution in [-0.2, 0) is 0 Å². The quantitative estimate of drug-likeness (QED) is 0.397. The Hall–Kier alpha value is -2.67. The van der Waals surface area contributed by atoms with Gasteiger partial charge in [0.1, 0.15) is 5.82 Å². The van der Waals surface area contributed by atoms with Crippen molar-refractivity contribution in [2.24, 2.45) is 5.92 Å². The molecule has 0 aliphatic heterocycles. The number of benzene rings is 3. The van der Waals surface area contributed by atoms with Crippen LogP contribution >= 0.6 is 0 Å². The predicted octanol–water partition coefficient (Wildman–Crippen LogP) is 8.32. The Kier molecular flexibility index (Phi) is 5.94. The fourth-order valence-corrected chi connectivity index (χ4v) is 4.53. The SMILES string of the molecule is C/C=C/C1CCC(c2ccc(-c3ccc(-c4ccc(C)cc4)c(F)c3)cc2)CC1. The van der Waals surface area contributed by atoms with Crippen molar-refractivity contribution in [2.75, 3.05) is 0 Å². The van der Waals surface area contributed by atoms with E-state index in [4.69, 9.17) is 0 Å². The van der Waals surface area contributed by atoms with Gasteiger partial charge >= 0.3 is 0 Å². The first-order chi connectivity index (χ1) is 14.1. The maximum absolute atomic E-state index is 14.8. The Morgan fingerprint density at radius 3 is 2.00 bits per heavy atom. The van der Waals surface area contributed by atoms with Crippen LogP contribution in [0.1, 0.15) is 49.7 Å². The van der Waals surface area contributed by atoms with Crippen molar-refractivity contribution in [3.05, 3.63) is 95.8 Å². The summed E-state index contributed by atoms with van der Waals surface area (Å²) in [6, 6.07) is 22.3. The third-order valence-corrected chi connectivity index (χ3v) is 6.28. The van der Waals surface area contributed by atoms with Crippen molar-refractivity contribution in [3.8, 4) is 22.3 Å². The summed E-state index contributed by atoms with van der Waals surface area (Å²) in [4.78, 5) is 0. The van der Waals surface area contributed by atoms with Crippen LogP contribution in [0, 0.1) is 18.7 Å². The second-order valence-corrected chi connectivity index (χ2v) is 8.32. The molecule has 1 fully saturated rings. The van der Waals surface area contributed by atoms with Gasteiger partial charge in [0.25, 0.3) is 0 Å². The highest BCUT2D eigenvalue weighted by atomic mass is 19.1. The number of halogens is 1. The largest absolute Gasteiger partial charge is 0.206 e. The molecule has 0 radical (unpaired) electrons. The highest BCUT2D eigenvalue weighted by Crippen LogP contribution is 2.37. The summed E-state index contributed by atoms with van der Waals surface area (Å²) in [5, 5.41) is 0. The lowest BCUT2D eigenvalue weighted by Crippen LogP contribution is -2.11. The van der Waals surface area contributed by atoms with Crippen molar-refractivity contribution in [1.82, 2.24) is 0 Å². The molecule has 1 aliphatic rings. The fourth-order valence-electron chi connectivity index (χ4n) is 4.53. The van der Waals surface area contributed by atoms with Crippen LogP contribution in [0.15, 0.2) is 78.9 Å². The molecular weight excluding hydrogens is 355 g/mol. The Morgan fingerprint density at radius 2 is 1.38 bits per heavy atom. The van der Waals surface area contributed by atoms with Crippen LogP contribution in [0.2, 0.25) is 0 Å². The standard InChI is InChI=1S/C28H29F/c1-3-4-21-7-11-22(12-8-21)23-13-15-24(16-14-23)26-17-18-27(28(29)19-26)25-9-5-20(2)6-10-25/h3-6,9-10,13-19,21-22H,7-8,11-12H2,1-2H3/b4-3+. The summed E-state index contributed by atoms with van der Waals surface area (Å²) in [6.07, 6.45) is 9.62. The molecule has 29 heavy (non-hydrogen) atoms. The van der Waals surface area contributed by atoms with Crippen LogP contribution in [0.3, 0.4) is 0 Å². The van der Waals surface area contributed by atoms with Crippen molar-refractivity contribution < 1.29 is 4.39 Å². The predicted molar refractivity (Wildman–Crippen MR) is 122 cm³/mol. The number of allylic oxidation sites excluding steroid dienone is 2. The first-order valence-electron chi connectivity index (χ1n) is 10.7. The molecule has 0 N–H and O–H groups in total. The van der Waals surface area contributed by atoms with E-state index in [-0.39, 0.29) is 5.82 Å². The summed E-state index contributed by atoms with van der Waals surface area (Å²) in [6.45, 7) is 4.15. The summed E-state index contributed by atoms with van der Waals surface area (Å²) in [7, 11) is 0. The van der Waals surface area contributed by atoms with Crippen LogP contribution in [0.5, 0.6) is 0 Å². The minimum Gasteiger partial charge on any atom is -0.206 e. The molecule has 0 amide bonds. The molecule has 0 nitrogen and oxygen atoms in total. The Morgan fingerprint density at radius 1 is 0.759 bits per heavy atom. The molecule has 0 bridgehead atoms. The zero-order valence-electron chi connectivity index (χ0n) is 17.4. The Balaban J connectivity index is 1.49. The van der Waals surface area contributed by atoms with Gasteiger partial charge in [-0.05, 0) is 79.7 Å². The average molecular weight is 385 g/mol. The third-order valence-electron chi connectivity index (χ3n) is 6.28. The van der Waals surface area contributed by atoms with Crippen molar-refractivity contribution >= 4 is 0 Å². The molecule has 1 heteroatoms. The molecule has 0 unspecified atom stereocenters. The lowest BCUT2D eigenvalue weighted by atomic mass is 9.78. The van der Waals surface area contributed by atoms with E-state index >= 15 is 0 Å². The number of hydrogen-bond acceptors (Lipinski definition) is 0. The molecule has 3 aromatic rings. The third kappa shape index (κ3) is 4.50. The summed E-state index contributed by atoms with van der Waals surface area (Å²) in [5.41, 5.74) is 6.18. The van der Waals surface area contributed by atoms with E-state index in [0.717, 1.165) is 22.6 Å². The molecule has 1 saturated carbocycles. The van der Waals surface area contributed by atoms with Crippen LogP contribution in [-0.4, -0.2) is 0 Å². The van der Waals surface area contributed by atoms with E-state index in [1.165, 1.54) is 36.8 Å². The molecule has 0 aromatic heterocycles. The van der Waals surface area contributed by atoms with Gasteiger partial charge in [0.05, 0.1) is 0 Å². The Labute approximate surface area is 174 Å². The molecule has 3 aromatic carbocycles. The van der Waals surface area contributed by atoms with Gasteiger partial charge in [0.2, 0.25) is 0 Å². The maximum Gasteiger partial charge on any atom is 0.131 e. The zero-order valence-corrected chi connectivity index (χ0v) is 17.4. The van der Waals surface area contributed by atoms with E-state index in [9.17, 15) is 4.39 Å². The molecular formula is C28H29F. The molecule has 0 heterocycles. The summed E-state index contributed by atoms with van der Waals surface area (Å²) >= 11 is 0. The van der Waals surface area contributed by atoms with Gasteiger partial charge in [0, 0.05) is 5.56 Å². The molecule has 0 spiro atoms. The van der Waals surface area contributed by atoms with E-state index < -0.39 is 0 Å². The number of rotatable bonds is 4. The minimum atomic E-state index is -0.169. The fraction of sp³-hybridized carbons (Fsp3) is 0.286. The van der Waals surface area contributed by atoms with E-state index in [0.29, 0.717) is 11.5 Å². The van der Waals surface area contributed by atoms with E-state index in [1.54, 1.807) is 6.07 Å². The van der Waals surface area contributed by atoms with Crippen LogP contribution in [0.25, 0.3) is 22.3 Å². The van der Waals surface area contributed by atoms with E-state index in [2.05, 4.69) is 43.3 Å². The lowest BCUT2D eigenvalue weighted by Gasteiger charge is -2.27. The molecule has 1 aliphatic carbocycles. The monoisotopic (exact) mass is 384 g/mol. The van der Waals surface area contributed by atoms with E-state index in [1.807, 2.05) is 43.3 Å². The van der Waals surface area contributed by atoms with Crippen molar-refractivity contribution in [3.63, 3.8) is 0 Å². The summed E-state index contributed by atoms with van der Waals surface area (Å²) in [5.74, 6) is 1.24. The molecule has 4 rings (SSSR count). The van der Waals surface area contributed by atoms with Crippen LogP contribution < -0.4 is 0 Å². The number of aryl methyl sites for hydroxylation is 1. The maximum atomic E-state index is 14.8. The minimum absolute atomic E-state index is 0.169. The zero-order chi connectivity index (χ0) is 20.2. The normalized spacial score (nSPS) is 19.6. The molecule has 0 atom stereocenters.